The highest BCUT2D eigenvalue weighted by molar-refractivity contribution is 5.20. The number of hydrogen-bond acceptors (Lipinski definition) is 3. The van der Waals surface area contributed by atoms with E-state index in [9.17, 15) is 0 Å². The van der Waals surface area contributed by atoms with Gasteiger partial charge in [-0.1, -0.05) is 18.2 Å². The summed E-state index contributed by atoms with van der Waals surface area (Å²) in [4.78, 5) is 0. The van der Waals surface area contributed by atoms with Crippen LogP contribution < -0.4 is 10.1 Å². The van der Waals surface area contributed by atoms with Crippen LogP contribution in [0.15, 0.2) is 30.3 Å². The Kier molecular flexibility index (Phi) is 8.33. The van der Waals surface area contributed by atoms with Gasteiger partial charge in [-0.25, -0.2) is 0 Å². The predicted octanol–water partition coefficient (Wildman–Crippen LogP) is 2.47. The Labute approximate surface area is 104 Å². The molecule has 0 bridgehead atoms. The van der Waals surface area contributed by atoms with Gasteiger partial charge in [0.1, 0.15) is 12.4 Å². The summed E-state index contributed by atoms with van der Waals surface area (Å²) >= 11 is 0. The SMILES string of the molecule is COCCCCCNCCOc1ccccc1. The summed E-state index contributed by atoms with van der Waals surface area (Å²) < 4.78 is 10.6. The summed E-state index contributed by atoms with van der Waals surface area (Å²) in [5.41, 5.74) is 0. The molecular weight excluding hydrogens is 214 g/mol. The van der Waals surface area contributed by atoms with Crippen LogP contribution in [0.4, 0.5) is 0 Å². The maximum Gasteiger partial charge on any atom is 0.119 e. The van der Waals surface area contributed by atoms with Gasteiger partial charge in [0, 0.05) is 20.3 Å². The van der Waals surface area contributed by atoms with Crippen molar-refractivity contribution in [1.29, 1.82) is 0 Å². The van der Waals surface area contributed by atoms with E-state index in [0.29, 0.717) is 0 Å². The first-order valence-electron chi connectivity index (χ1n) is 6.31. The van der Waals surface area contributed by atoms with Gasteiger partial charge in [-0.15, -0.1) is 0 Å². The zero-order valence-corrected chi connectivity index (χ0v) is 10.7. The molecule has 0 heterocycles. The second-order valence-corrected chi connectivity index (χ2v) is 3.96. The van der Waals surface area contributed by atoms with Crippen LogP contribution in [0.5, 0.6) is 5.75 Å². The lowest BCUT2D eigenvalue weighted by molar-refractivity contribution is 0.192. The van der Waals surface area contributed by atoms with Crippen molar-refractivity contribution in [3.63, 3.8) is 0 Å². The molecule has 0 radical (unpaired) electrons. The monoisotopic (exact) mass is 237 g/mol. The Hall–Kier alpha value is -1.06. The number of methoxy groups -OCH3 is 1. The number of benzene rings is 1. The summed E-state index contributed by atoms with van der Waals surface area (Å²) in [6, 6.07) is 9.91. The van der Waals surface area contributed by atoms with E-state index in [1.54, 1.807) is 7.11 Å². The molecule has 0 saturated carbocycles. The average Bonchev–Trinajstić information content (AvgIpc) is 2.38. The topological polar surface area (TPSA) is 30.5 Å². The lowest BCUT2D eigenvalue weighted by Gasteiger charge is -2.07. The highest BCUT2D eigenvalue weighted by Gasteiger charge is 1.92. The Morgan fingerprint density at radius 3 is 2.53 bits per heavy atom. The molecule has 0 atom stereocenters. The molecule has 96 valence electrons. The molecule has 0 saturated heterocycles. The highest BCUT2D eigenvalue weighted by Crippen LogP contribution is 2.07. The fourth-order valence-corrected chi connectivity index (χ4v) is 1.56. The molecule has 17 heavy (non-hydrogen) atoms. The van der Waals surface area contributed by atoms with E-state index in [1.165, 1.54) is 12.8 Å². The zero-order chi connectivity index (χ0) is 12.2. The third-order valence-corrected chi connectivity index (χ3v) is 2.49. The molecule has 0 aliphatic heterocycles. The van der Waals surface area contributed by atoms with E-state index in [0.717, 1.165) is 38.5 Å². The summed E-state index contributed by atoms with van der Waals surface area (Å²) in [5, 5.41) is 3.37. The quantitative estimate of drug-likeness (QED) is 0.634. The molecule has 3 heteroatoms. The van der Waals surface area contributed by atoms with Crippen LogP contribution in [0.25, 0.3) is 0 Å². The average molecular weight is 237 g/mol. The molecule has 0 amide bonds. The molecule has 0 aromatic heterocycles. The van der Waals surface area contributed by atoms with Gasteiger partial charge in [0.2, 0.25) is 0 Å². The molecule has 0 aliphatic carbocycles. The number of hydrogen-bond donors (Lipinski definition) is 1. The van der Waals surface area contributed by atoms with Gasteiger partial charge in [0.05, 0.1) is 0 Å². The zero-order valence-electron chi connectivity index (χ0n) is 10.7. The van der Waals surface area contributed by atoms with E-state index >= 15 is 0 Å². The van der Waals surface area contributed by atoms with Gasteiger partial charge < -0.3 is 14.8 Å². The maximum atomic E-state index is 5.57. The summed E-state index contributed by atoms with van der Waals surface area (Å²) in [5.74, 6) is 0.939. The fraction of sp³-hybridized carbons (Fsp3) is 0.571. The third-order valence-electron chi connectivity index (χ3n) is 2.49. The Morgan fingerprint density at radius 1 is 0.941 bits per heavy atom. The van der Waals surface area contributed by atoms with E-state index in [-0.39, 0.29) is 0 Å². The largest absolute Gasteiger partial charge is 0.492 e. The van der Waals surface area contributed by atoms with Crippen LogP contribution in [0.3, 0.4) is 0 Å². The molecule has 1 N–H and O–H groups in total. The molecule has 0 spiro atoms. The van der Waals surface area contributed by atoms with Crippen LogP contribution in [0, 0.1) is 0 Å². The molecule has 3 nitrogen and oxygen atoms in total. The van der Waals surface area contributed by atoms with E-state index in [4.69, 9.17) is 9.47 Å². The minimum atomic E-state index is 0.724. The minimum Gasteiger partial charge on any atom is -0.492 e. The number of para-hydroxylation sites is 1. The summed E-state index contributed by atoms with van der Waals surface area (Å²) in [6.45, 7) is 3.56. The standard InChI is InChI=1S/C14H23NO2/c1-16-12-7-3-6-10-15-11-13-17-14-8-4-2-5-9-14/h2,4-5,8-9,15H,3,6-7,10-13H2,1H3. The van der Waals surface area contributed by atoms with Crippen LogP contribution in [0.1, 0.15) is 19.3 Å². The number of rotatable bonds is 10. The predicted molar refractivity (Wildman–Crippen MR) is 70.5 cm³/mol. The summed E-state index contributed by atoms with van der Waals surface area (Å²) in [7, 11) is 1.75. The van der Waals surface area contributed by atoms with Gasteiger partial charge in [0.15, 0.2) is 0 Å². The Bertz CT molecular complexity index is 264. The highest BCUT2D eigenvalue weighted by atomic mass is 16.5. The summed E-state index contributed by atoms with van der Waals surface area (Å²) in [6.07, 6.45) is 3.58. The van der Waals surface area contributed by atoms with Gasteiger partial charge in [-0.3, -0.25) is 0 Å². The van der Waals surface area contributed by atoms with Crippen LogP contribution >= 0.6 is 0 Å². The maximum absolute atomic E-state index is 5.57. The van der Waals surface area contributed by atoms with Gasteiger partial charge in [0.25, 0.3) is 0 Å². The van der Waals surface area contributed by atoms with Crippen molar-refractivity contribution in [2.45, 2.75) is 19.3 Å². The first kappa shape index (κ1) is 14.0. The van der Waals surface area contributed by atoms with Gasteiger partial charge >= 0.3 is 0 Å². The van der Waals surface area contributed by atoms with E-state index < -0.39 is 0 Å². The van der Waals surface area contributed by atoms with Crippen molar-refractivity contribution >= 4 is 0 Å². The lowest BCUT2D eigenvalue weighted by atomic mass is 10.2. The molecule has 1 aromatic carbocycles. The minimum absolute atomic E-state index is 0.724. The van der Waals surface area contributed by atoms with E-state index in [1.807, 2.05) is 30.3 Å². The van der Waals surface area contributed by atoms with Gasteiger partial charge in [-0.2, -0.15) is 0 Å². The molecule has 1 aromatic rings. The number of nitrogens with one attached hydrogen (secondary N) is 1. The van der Waals surface area contributed by atoms with Crippen molar-refractivity contribution in [1.82, 2.24) is 5.32 Å². The van der Waals surface area contributed by atoms with Crippen molar-refractivity contribution in [3.05, 3.63) is 30.3 Å². The van der Waals surface area contributed by atoms with Crippen molar-refractivity contribution in [2.75, 3.05) is 33.4 Å². The molecule has 0 aliphatic rings. The van der Waals surface area contributed by atoms with Crippen molar-refractivity contribution in [3.8, 4) is 5.75 Å². The van der Waals surface area contributed by atoms with Crippen molar-refractivity contribution in [2.24, 2.45) is 0 Å². The lowest BCUT2D eigenvalue weighted by Crippen LogP contribution is -2.22. The third kappa shape index (κ3) is 7.77. The second kappa shape index (κ2) is 10.1. The van der Waals surface area contributed by atoms with Crippen LogP contribution in [0.2, 0.25) is 0 Å². The van der Waals surface area contributed by atoms with Crippen LogP contribution in [-0.4, -0.2) is 33.4 Å². The van der Waals surface area contributed by atoms with Gasteiger partial charge in [-0.05, 0) is 37.9 Å². The molecule has 1 rings (SSSR count). The first-order valence-corrected chi connectivity index (χ1v) is 6.31. The normalized spacial score (nSPS) is 10.4. The second-order valence-electron chi connectivity index (χ2n) is 3.96. The fourth-order valence-electron chi connectivity index (χ4n) is 1.56. The Balaban J connectivity index is 1.85. The van der Waals surface area contributed by atoms with Crippen molar-refractivity contribution < 1.29 is 9.47 Å². The molecule has 0 unspecified atom stereocenters. The number of ether oxygens (including phenoxy) is 2. The number of unbranched alkanes of at least 4 members (excludes halogenated alkanes) is 2. The van der Waals surface area contributed by atoms with Crippen LogP contribution in [-0.2, 0) is 4.74 Å². The van der Waals surface area contributed by atoms with E-state index in [2.05, 4.69) is 5.32 Å². The smallest absolute Gasteiger partial charge is 0.119 e. The molecule has 0 fully saturated rings. The molecular formula is C14H23NO2. The Morgan fingerprint density at radius 2 is 1.76 bits per heavy atom. The first-order chi connectivity index (χ1) is 8.43.